The molecule has 3 unspecified atom stereocenters. The van der Waals surface area contributed by atoms with Crippen molar-refractivity contribution in [3.8, 4) is 0 Å². The number of carbonyl (C=O) groups excluding carboxylic acids is 2. The van der Waals surface area contributed by atoms with Gasteiger partial charge in [0.25, 0.3) is 0 Å². The number of esters is 1. The highest BCUT2D eigenvalue weighted by Crippen LogP contribution is 2.25. The fourth-order valence-electron chi connectivity index (χ4n) is 3.69. The van der Waals surface area contributed by atoms with Crippen molar-refractivity contribution in [3.63, 3.8) is 0 Å². The highest BCUT2D eigenvalue weighted by Gasteiger charge is 2.37. The Kier molecular flexibility index (Phi) is 5.62. The molecule has 0 aromatic rings. The van der Waals surface area contributed by atoms with Gasteiger partial charge in [0.15, 0.2) is 0 Å². The van der Waals surface area contributed by atoms with E-state index in [1.54, 1.807) is 0 Å². The van der Waals surface area contributed by atoms with Crippen LogP contribution >= 0.6 is 0 Å². The number of rotatable bonds is 4. The third-order valence-corrected chi connectivity index (χ3v) is 4.97. The highest BCUT2D eigenvalue weighted by molar-refractivity contribution is 5.79. The lowest BCUT2D eigenvalue weighted by Gasteiger charge is -2.36. The number of hydrogen-bond donors (Lipinski definition) is 0. The van der Waals surface area contributed by atoms with Crippen LogP contribution in [-0.2, 0) is 14.3 Å². The van der Waals surface area contributed by atoms with Crippen LogP contribution in [0.25, 0.3) is 0 Å². The maximum Gasteiger partial charge on any atom is 0.310 e. The van der Waals surface area contributed by atoms with Gasteiger partial charge in [0, 0.05) is 25.7 Å². The summed E-state index contributed by atoms with van der Waals surface area (Å²) in [6.45, 7) is 6.99. The summed E-state index contributed by atoms with van der Waals surface area (Å²) in [5, 5.41) is 0. The number of likely N-dealkylation sites (tertiary alicyclic amines) is 2. The molecule has 2 fully saturated rings. The van der Waals surface area contributed by atoms with Crippen molar-refractivity contribution in [2.75, 3.05) is 33.3 Å². The minimum absolute atomic E-state index is 0.0915. The molecule has 1 amide bonds. The lowest BCUT2D eigenvalue weighted by atomic mass is 9.99. The Morgan fingerprint density at radius 2 is 2.00 bits per heavy atom. The van der Waals surface area contributed by atoms with Gasteiger partial charge in [-0.2, -0.15) is 0 Å². The monoisotopic (exact) mass is 296 g/mol. The van der Waals surface area contributed by atoms with Crippen molar-refractivity contribution < 1.29 is 14.3 Å². The summed E-state index contributed by atoms with van der Waals surface area (Å²) in [5.41, 5.74) is 0. The Morgan fingerprint density at radius 1 is 1.24 bits per heavy atom. The average Bonchev–Trinajstić information content (AvgIpc) is 2.86. The highest BCUT2D eigenvalue weighted by atomic mass is 16.5. The van der Waals surface area contributed by atoms with Crippen LogP contribution in [0.5, 0.6) is 0 Å². The number of methoxy groups -OCH3 is 1. The molecular formula is C16H28N2O3. The second kappa shape index (κ2) is 7.25. The Hall–Kier alpha value is -1.10. The molecule has 3 atom stereocenters. The van der Waals surface area contributed by atoms with Gasteiger partial charge >= 0.3 is 5.97 Å². The van der Waals surface area contributed by atoms with Crippen LogP contribution in [0.2, 0.25) is 0 Å². The molecule has 120 valence electrons. The summed E-state index contributed by atoms with van der Waals surface area (Å²) in [6.07, 6.45) is 4.51. The molecule has 0 spiro atoms. The largest absolute Gasteiger partial charge is 0.469 e. The average molecular weight is 296 g/mol. The summed E-state index contributed by atoms with van der Waals surface area (Å²) < 4.78 is 4.85. The zero-order chi connectivity index (χ0) is 15.4. The van der Waals surface area contributed by atoms with Crippen molar-refractivity contribution in [1.29, 1.82) is 0 Å². The molecule has 2 aliphatic heterocycles. The van der Waals surface area contributed by atoms with Crippen LogP contribution in [0, 0.1) is 11.8 Å². The molecule has 5 heteroatoms. The maximum atomic E-state index is 12.5. The fourth-order valence-corrected chi connectivity index (χ4v) is 3.69. The van der Waals surface area contributed by atoms with E-state index in [9.17, 15) is 9.59 Å². The molecule has 0 aromatic heterocycles. The summed E-state index contributed by atoms with van der Waals surface area (Å²) in [7, 11) is 1.43. The van der Waals surface area contributed by atoms with E-state index in [-0.39, 0.29) is 23.7 Å². The molecule has 2 saturated heterocycles. The van der Waals surface area contributed by atoms with Gasteiger partial charge in [-0.3, -0.25) is 14.5 Å². The third-order valence-electron chi connectivity index (χ3n) is 4.97. The van der Waals surface area contributed by atoms with Crippen LogP contribution in [0.15, 0.2) is 0 Å². The van der Waals surface area contributed by atoms with E-state index in [0.717, 1.165) is 32.4 Å². The second-order valence-electron chi connectivity index (χ2n) is 6.45. The van der Waals surface area contributed by atoms with Gasteiger partial charge in [-0.1, -0.05) is 13.8 Å². The Bertz CT molecular complexity index is 386. The molecule has 0 bridgehead atoms. The molecule has 0 radical (unpaired) electrons. The van der Waals surface area contributed by atoms with E-state index < -0.39 is 0 Å². The minimum atomic E-state index is -0.151. The Morgan fingerprint density at radius 3 is 2.67 bits per heavy atom. The summed E-state index contributed by atoms with van der Waals surface area (Å²) in [4.78, 5) is 28.4. The summed E-state index contributed by atoms with van der Waals surface area (Å²) in [6, 6.07) is 0.405. The van der Waals surface area contributed by atoms with Gasteiger partial charge in [0.05, 0.1) is 19.6 Å². The van der Waals surface area contributed by atoms with Crippen LogP contribution in [0.4, 0.5) is 0 Å². The number of hydrogen-bond acceptors (Lipinski definition) is 4. The maximum absolute atomic E-state index is 12.5. The van der Waals surface area contributed by atoms with Crippen LogP contribution in [-0.4, -0.2) is 61.0 Å². The molecule has 2 heterocycles. The van der Waals surface area contributed by atoms with E-state index in [4.69, 9.17) is 4.74 Å². The molecule has 0 aliphatic carbocycles. The van der Waals surface area contributed by atoms with E-state index in [2.05, 4.69) is 23.6 Å². The van der Waals surface area contributed by atoms with Crippen molar-refractivity contribution in [3.05, 3.63) is 0 Å². The molecule has 5 nitrogen and oxygen atoms in total. The first kappa shape index (κ1) is 16.3. The standard InChI is InChI=1S/C16H28N2O3/c1-4-13-7-5-6-8-18(13)15(19)11-17-9-12(2)14(10-17)16(20)21-3/h12-14H,4-11H2,1-3H3. The van der Waals surface area contributed by atoms with Gasteiger partial charge in [-0.05, 0) is 31.6 Å². The lowest BCUT2D eigenvalue weighted by molar-refractivity contribution is -0.146. The topological polar surface area (TPSA) is 49.9 Å². The number of amides is 1. The molecule has 0 saturated carbocycles. The first-order valence-corrected chi connectivity index (χ1v) is 8.16. The number of nitrogens with zero attached hydrogens (tertiary/aromatic N) is 2. The molecule has 2 aliphatic rings. The van der Waals surface area contributed by atoms with Gasteiger partial charge in [-0.15, -0.1) is 0 Å². The summed E-state index contributed by atoms with van der Waals surface area (Å²) >= 11 is 0. The van der Waals surface area contributed by atoms with Crippen LogP contribution < -0.4 is 0 Å². The van der Waals surface area contributed by atoms with Gasteiger partial charge in [0.1, 0.15) is 0 Å². The van der Waals surface area contributed by atoms with Crippen molar-refractivity contribution >= 4 is 11.9 Å². The van der Waals surface area contributed by atoms with Crippen molar-refractivity contribution in [1.82, 2.24) is 9.80 Å². The minimum Gasteiger partial charge on any atom is -0.469 e. The Balaban J connectivity index is 1.89. The van der Waals surface area contributed by atoms with Gasteiger partial charge in [0.2, 0.25) is 5.91 Å². The fraction of sp³-hybridized carbons (Fsp3) is 0.875. The predicted octanol–water partition coefficient (Wildman–Crippen LogP) is 1.52. The van der Waals surface area contributed by atoms with Crippen LogP contribution in [0.1, 0.15) is 39.5 Å². The second-order valence-corrected chi connectivity index (χ2v) is 6.45. The molecule has 21 heavy (non-hydrogen) atoms. The molecule has 2 rings (SSSR count). The quantitative estimate of drug-likeness (QED) is 0.738. The number of piperidine rings is 1. The number of carbonyl (C=O) groups is 2. The van der Waals surface area contributed by atoms with E-state index in [0.29, 0.717) is 19.1 Å². The Labute approximate surface area is 127 Å². The first-order chi connectivity index (χ1) is 10.1. The zero-order valence-electron chi connectivity index (χ0n) is 13.5. The summed E-state index contributed by atoms with van der Waals surface area (Å²) in [5.74, 6) is 0.237. The molecule has 0 aromatic carbocycles. The lowest BCUT2D eigenvalue weighted by Crippen LogP contribution is -2.47. The number of ether oxygens (including phenoxy) is 1. The molecular weight excluding hydrogens is 268 g/mol. The van der Waals surface area contributed by atoms with Gasteiger partial charge in [-0.25, -0.2) is 0 Å². The van der Waals surface area contributed by atoms with Gasteiger partial charge < -0.3 is 9.64 Å². The van der Waals surface area contributed by atoms with Crippen LogP contribution in [0.3, 0.4) is 0 Å². The van der Waals surface area contributed by atoms with Crippen molar-refractivity contribution in [2.24, 2.45) is 11.8 Å². The zero-order valence-corrected chi connectivity index (χ0v) is 13.5. The van der Waals surface area contributed by atoms with Crippen molar-refractivity contribution in [2.45, 2.75) is 45.6 Å². The normalized spacial score (nSPS) is 30.4. The van der Waals surface area contributed by atoms with E-state index >= 15 is 0 Å². The first-order valence-electron chi connectivity index (χ1n) is 8.16. The van der Waals surface area contributed by atoms with E-state index in [1.807, 2.05) is 0 Å². The smallest absolute Gasteiger partial charge is 0.310 e. The predicted molar refractivity (Wildman–Crippen MR) is 80.8 cm³/mol. The van der Waals surface area contributed by atoms with E-state index in [1.165, 1.54) is 13.5 Å². The molecule has 0 N–H and O–H groups in total. The third kappa shape index (κ3) is 3.76. The SMILES string of the molecule is CCC1CCCCN1C(=O)CN1CC(C)C(C(=O)OC)C1.